The minimum absolute atomic E-state index is 0.167. The Morgan fingerprint density at radius 3 is 2.34 bits per heavy atom. The van der Waals surface area contributed by atoms with E-state index in [4.69, 9.17) is 0 Å². The molecule has 148 valence electrons. The summed E-state index contributed by atoms with van der Waals surface area (Å²) in [5.74, 6) is -0.322. The summed E-state index contributed by atoms with van der Waals surface area (Å²) < 4.78 is 1.34. The molecule has 3 rings (SSSR count). The van der Waals surface area contributed by atoms with Crippen molar-refractivity contribution in [2.24, 2.45) is 0 Å². The summed E-state index contributed by atoms with van der Waals surface area (Å²) in [7, 11) is 0. The molecule has 0 atom stereocenters. The van der Waals surface area contributed by atoms with Gasteiger partial charge in [-0.1, -0.05) is 66.2 Å². The third-order valence-electron chi connectivity index (χ3n) is 4.56. The zero-order valence-corrected chi connectivity index (χ0v) is 16.4. The quantitative estimate of drug-likeness (QED) is 0.633. The second kappa shape index (κ2) is 9.66. The van der Waals surface area contributed by atoms with Crippen LogP contribution in [0.1, 0.15) is 16.7 Å². The fourth-order valence-corrected chi connectivity index (χ4v) is 3.02. The predicted octanol–water partition coefficient (Wildman–Crippen LogP) is 3.18. The standard InChI is InChI=1S/C24H24N2O3/c1-19-10-12-20(13-11-19)17-22(26-14-6-5-9-23(26)28)24(29)25(15-16-27)18-21-7-3-2-4-8-21/h2-14,17,27H,15-16,18H2,1H3/b22-17+. The van der Waals surface area contributed by atoms with Crippen LogP contribution in [-0.2, 0) is 11.3 Å². The maximum Gasteiger partial charge on any atom is 0.271 e. The summed E-state index contributed by atoms with van der Waals surface area (Å²) in [6.45, 7) is 2.33. The molecule has 1 N–H and O–H groups in total. The van der Waals surface area contributed by atoms with E-state index < -0.39 is 0 Å². The summed E-state index contributed by atoms with van der Waals surface area (Å²) >= 11 is 0. The van der Waals surface area contributed by atoms with Gasteiger partial charge < -0.3 is 10.0 Å². The third kappa shape index (κ3) is 5.30. The number of benzene rings is 2. The number of aliphatic hydroxyl groups excluding tert-OH is 1. The van der Waals surface area contributed by atoms with Crippen LogP contribution < -0.4 is 5.56 Å². The van der Waals surface area contributed by atoms with Crippen molar-refractivity contribution >= 4 is 17.7 Å². The van der Waals surface area contributed by atoms with Crippen LogP contribution in [0.5, 0.6) is 0 Å². The van der Waals surface area contributed by atoms with E-state index in [0.717, 1.165) is 16.7 Å². The number of aromatic nitrogens is 1. The molecule has 5 heteroatoms. The number of carbonyl (C=O) groups excluding carboxylic acids is 1. The number of nitrogens with zero attached hydrogens (tertiary/aromatic N) is 2. The van der Waals surface area contributed by atoms with Crippen molar-refractivity contribution in [3.05, 3.63) is 106 Å². The lowest BCUT2D eigenvalue weighted by Crippen LogP contribution is -2.36. The molecule has 2 aromatic carbocycles. The first-order valence-corrected chi connectivity index (χ1v) is 9.49. The molecular formula is C24H24N2O3. The number of rotatable bonds is 7. The van der Waals surface area contributed by atoms with Gasteiger partial charge in [0.2, 0.25) is 0 Å². The number of aryl methyl sites for hydroxylation is 1. The summed E-state index contributed by atoms with van der Waals surface area (Å²) in [5.41, 5.74) is 2.83. The highest BCUT2D eigenvalue weighted by molar-refractivity contribution is 6.18. The van der Waals surface area contributed by atoms with Crippen molar-refractivity contribution in [1.29, 1.82) is 0 Å². The van der Waals surface area contributed by atoms with Crippen molar-refractivity contribution in [2.45, 2.75) is 13.5 Å². The number of amides is 1. The van der Waals surface area contributed by atoms with Gasteiger partial charge in [0.15, 0.2) is 0 Å². The van der Waals surface area contributed by atoms with Gasteiger partial charge in [0.05, 0.1) is 6.61 Å². The second-order valence-electron chi connectivity index (χ2n) is 6.79. The van der Waals surface area contributed by atoms with Gasteiger partial charge in [-0.3, -0.25) is 14.2 Å². The molecule has 0 aliphatic carbocycles. The molecule has 0 bridgehead atoms. The molecule has 1 heterocycles. The van der Waals surface area contributed by atoms with Crippen LogP contribution in [0.2, 0.25) is 0 Å². The average Bonchev–Trinajstić information content (AvgIpc) is 2.74. The molecule has 0 saturated carbocycles. The largest absolute Gasteiger partial charge is 0.395 e. The summed E-state index contributed by atoms with van der Waals surface area (Å²) in [5, 5.41) is 9.51. The number of pyridine rings is 1. The number of hydrogen-bond acceptors (Lipinski definition) is 3. The Morgan fingerprint density at radius 2 is 1.69 bits per heavy atom. The van der Waals surface area contributed by atoms with Gasteiger partial charge >= 0.3 is 0 Å². The van der Waals surface area contributed by atoms with Crippen LogP contribution in [0.3, 0.4) is 0 Å². The van der Waals surface area contributed by atoms with Crippen LogP contribution in [0.15, 0.2) is 83.8 Å². The molecular weight excluding hydrogens is 364 g/mol. The van der Waals surface area contributed by atoms with Crippen LogP contribution in [0.4, 0.5) is 0 Å². The Morgan fingerprint density at radius 1 is 1.00 bits per heavy atom. The van der Waals surface area contributed by atoms with Crippen LogP contribution in [0, 0.1) is 6.92 Å². The van der Waals surface area contributed by atoms with E-state index >= 15 is 0 Å². The van der Waals surface area contributed by atoms with E-state index in [-0.39, 0.29) is 30.3 Å². The minimum atomic E-state index is -0.322. The fourth-order valence-electron chi connectivity index (χ4n) is 3.02. The highest BCUT2D eigenvalue weighted by atomic mass is 16.3. The molecule has 0 aliphatic rings. The number of carbonyl (C=O) groups is 1. The smallest absolute Gasteiger partial charge is 0.271 e. The van der Waals surface area contributed by atoms with E-state index in [9.17, 15) is 14.7 Å². The van der Waals surface area contributed by atoms with Gasteiger partial charge in [0.1, 0.15) is 5.70 Å². The van der Waals surface area contributed by atoms with Gasteiger partial charge in [-0.15, -0.1) is 0 Å². The first-order valence-electron chi connectivity index (χ1n) is 9.49. The first-order chi connectivity index (χ1) is 14.1. The van der Waals surface area contributed by atoms with Gasteiger partial charge in [0.25, 0.3) is 11.5 Å². The van der Waals surface area contributed by atoms with Gasteiger partial charge in [-0.2, -0.15) is 0 Å². The van der Waals surface area contributed by atoms with Gasteiger partial charge in [0, 0.05) is 25.4 Å². The zero-order chi connectivity index (χ0) is 20.6. The monoisotopic (exact) mass is 388 g/mol. The Bertz CT molecular complexity index is 1040. The summed E-state index contributed by atoms with van der Waals surface area (Å²) in [6, 6.07) is 22.1. The van der Waals surface area contributed by atoms with E-state index in [1.165, 1.54) is 10.6 Å². The van der Waals surface area contributed by atoms with Crippen LogP contribution >= 0.6 is 0 Å². The van der Waals surface area contributed by atoms with Gasteiger partial charge in [-0.25, -0.2) is 0 Å². The highest BCUT2D eigenvalue weighted by Crippen LogP contribution is 2.16. The third-order valence-corrected chi connectivity index (χ3v) is 4.56. The Kier molecular flexibility index (Phi) is 6.76. The van der Waals surface area contributed by atoms with Crippen LogP contribution in [0.25, 0.3) is 11.8 Å². The lowest BCUT2D eigenvalue weighted by Gasteiger charge is -2.24. The van der Waals surface area contributed by atoms with Crippen molar-refractivity contribution < 1.29 is 9.90 Å². The Balaban J connectivity index is 2.03. The molecule has 29 heavy (non-hydrogen) atoms. The molecule has 0 fully saturated rings. The molecule has 1 amide bonds. The highest BCUT2D eigenvalue weighted by Gasteiger charge is 2.20. The number of aliphatic hydroxyl groups is 1. The molecule has 0 radical (unpaired) electrons. The summed E-state index contributed by atoms with van der Waals surface area (Å²) in [6.07, 6.45) is 3.29. The lowest BCUT2D eigenvalue weighted by molar-refractivity contribution is -0.126. The molecule has 3 aromatic rings. The van der Waals surface area contributed by atoms with Crippen molar-refractivity contribution in [3.8, 4) is 0 Å². The molecule has 0 saturated heterocycles. The minimum Gasteiger partial charge on any atom is -0.395 e. The Hall–Kier alpha value is -3.44. The zero-order valence-electron chi connectivity index (χ0n) is 16.4. The van der Waals surface area contributed by atoms with Crippen LogP contribution in [-0.4, -0.2) is 33.6 Å². The molecule has 0 spiro atoms. The molecule has 0 aliphatic heterocycles. The SMILES string of the molecule is Cc1ccc(/C=C(\C(=O)N(CCO)Cc2ccccc2)n2ccccc2=O)cc1. The van der Waals surface area contributed by atoms with Crippen molar-refractivity contribution in [2.75, 3.05) is 13.2 Å². The van der Waals surface area contributed by atoms with E-state index in [0.29, 0.717) is 6.54 Å². The Labute approximate surface area is 170 Å². The van der Waals surface area contributed by atoms with Gasteiger partial charge in [-0.05, 0) is 30.2 Å². The van der Waals surface area contributed by atoms with E-state index in [2.05, 4.69) is 0 Å². The average molecular weight is 388 g/mol. The molecule has 5 nitrogen and oxygen atoms in total. The normalized spacial score (nSPS) is 11.3. The maximum atomic E-state index is 13.4. The predicted molar refractivity (Wildman–Crippen MR) is 115 cm³/mol. The van der Waals surface area contributed by atoms with E-state index in [1.54, 1.807) is 29.3 Å². The fraction of sp³-hybridized carbons (Fsp3) is 0.167. The maximum absolute atomic E-state index is 13.4. The lowest BCUT2D eigenvalue weighted by atomic mass is 10.1. The van der Waals surface area contributed by atoms with E-state index in [1.807, 2.05) is 61.5 Å². The molecule has 0 unspecified atom stereocenters. The first kappa shape index (κ1) is 20.3. The van der Waals surface area contributed by atoms with Crippen molar-refractivity contribution in [3.63, 3.8) is 0 Å². The van der Waals surface area contributed by atoms with Crippen molar-refractivity contribution in [1.82, 2.24) is 9.47 Å². The number of hydrogen-bond donors (Lipinski definition) is 1. The molecule has 1 aromatic heterocycles. The second-order valence-corrected chi connectivity index (χ2v) is 6.79. The summed E-state index contributed by atoms with van der Waals surface area (Å²) in [4.78, 5) is 27.4. The topological polar surface area (TPSA) is 62.5 Å².